The summed E-state index contributed by atoms with van der Waals surface area (Å²) in [4.78, 5) is 6.69. The first-order valence-corrected chi connectivity index (χ1v) is 7.84. The molecule has 0 radical (unpaired) electrons. The second kappa shape index (κ2) is 5.99. The van der Waals surface area contributed by atoms with Crippen molar-refractivity contribution >= 4 is 31.8 Å². The Labute approximate surface area is 117 Å². The van der Waals surface area contributed by atoms with Crippen LogP contribution in [0.3, 0.4) is 0 Å². The molecule has 102 valence electrons. The maximum atomic E-state index is 11.9. The lowest BCUT2D eigenvalue weighted by Crippen LogP contribution is -2.25. The summed E-state index contributed by atoms with van der Waals surface area (Å²) in [7, 11) is 1.52. The smallest absolute Gasteiger partial charge is 0.244 e. The van der Waals surface area contributed by atoms with Gasteiger partial charge in [0.1, 0.15) is 10.7 Å². The third-order valence-corrected chi connectivity index (χ3v) is 4.50. The lowest BCUT2D eigenvalue weighted by Gasteiger charge is -2.20. The molecule has 1 aromatic rings. The number of hydrogen-bond donors (Lipinski definition) is 0. The average molecular weight is 336 g/mol. The van der Waals surface area contributed by atoms with Crippen LogP contribution in [0.1, 0.15) is 6.92 Å². The number of nitrogens with zero attached hydrogens (tertiary/aromatic N) is 3. The molecular formula is C11H18BrN3O2S. The first kappa shape index (κ1) is 15.4. The summed E-state index contributed by atoms with van der Waals surface area (Å²) in [6.45, 7) is 2.84. The van der Waals surface area contributed by atoms with Crippen LogP contribution < -0.4 is 4.90 Å². The van der Waals surface area contributed by atoms with Crippen molar-refractivity contribution in [2.45, 2.75) is 16.6 Å². The Hall–Kier alpha value is -0.660. The Balaban J connectivity index is 2.94. The van der Waals surface area contributed by atoms with E-state index in [0.29, 0.717) is 4.83 Å². The largest absolute Gasteiger partial charge is 0.359 e. The molecule has 1 rings (SSSR count). The Morgan fingerprint density at radius 2 is 1.94 bits per heavy atom. The van der Waals surface area contributed by atoms with Gasteiger partial charge in [-0.3, -0.25) is 0 Å². The summed E-state index contributed by atoms with van der Waals surface area (Å²) in [6, 6.07) is 3.29. The molecule has 0 aromatic carbocycles. The van der Waals surface area contributed by atoms with Gasteiger partial charge >= 0.3 is 0 Å². The number of rotatable bonds is 5. The highest BCUT2D eigenvalue weighted by molar-refractivity contribution is 9.09. The summed E-state index contributed by atoms with van der Waals surface area (Å²) < 4.78 is 24.9. The van der Waals surface area contributed by atoms with E-state index >= 15 is 0 Å². The lowest BCUT2D eigenvalue weighted by molar-refractivity contribution is 0.520. The number of halogens is 1. The van der Waals surface area contributed by atoms with E-state index in [2.05, 4.69) is 20.9 Å². The van der Waals surface area contributed by atoms with Crippen LogP contribution in [0, 0.1) is 0 Å². The Morgan fingerprint density at radius 1 is 1.33 bits per heavy atom. The molecule has 0 spiro atoms. The summed E-state index contributed by atoms with van der Waals surface area (Å²) in [5, 5.41) is 0. The van der Waals surface area contributed by atoms with Crippen LogP contribution in [-0.4, -0.2) is 50.2 Å². The number of aromatic nitrogens is 1. The molecule has 1 heterocycles. The second-order valence-corrected chi connectivity index (χ2v) is 8.02. The number of alkyl halides is 1. The molecule has 18 heavy (non-hydrogen) atoms. The van der Waals surface area contributed by atoms with Crippen LogP contribution in [-0.2, 0) is 10.0 Å². The first-order chi connectivity index (χ1) is 8.25. The van der Waals surface area contributed by atoms with Crippen molar-refractivity contribution in [2.24, 2.45) is 0 Å². The third-order valence-electron chi connectivity index (χ3n) is 2.42. The summed E-state index contributed by atoms with van der Waals surface area (Å²) in [5.41, 5.74) is 0. The molecule has 1 unspecified atom stereocenters. The molecule has 5 nitrogen and oxygen atoms in total. The normalized spacial score (nSPS) is 13.7. The fourth-order valence-corrected chi connectivity index (χ4v) is 2.71. The molecule has 0 aliphatic heterocycles. The minimum Gasteiger partial charge on any atom is -0.359 e. The van der Waals surface area contributed by atoms with E-state index in [4.69, 9.17) is 0 Å². The van der Waals surface area contributed by atoms with Gasteiger partial charge in [-0.15, -0.1) is 0 Å². The van der Waals surface area contributed by atoms with Gasteiger partial charge in [-0.05, 0) is 12.1 Å². The first-order valence-electron chi connectivity index (χ1n) is 5.49. The van der Waals surface area contributed by atoms with E-state index in [1.807, 2.05) is 18.9 Å². The fourth-order valence-electron chi connectivity index (χ4n) is 1.43. The number of hydrogen-bond acceptors (Lipinski definition) is 4. The minimum absolute atomic E-state index is 0.205. The van der Waals surface area contributed by atoms with Crippen molar-refractivity contribution < 1.29 is 8.42 Å². The number of sulfonamides is 1. The van der Waals surface area contributed by atoms with Crippen molar-refractivity contribution in [1.82, 2.24) is 9.29 Å². The van der Waals surface area contributed by atoms with Gasteiger partial charge in [0.2, 0.25) is 10.0 Å². The van der Waals surface area contributed by atoms with Gasteiger partial charge in [0.25, 0.3) is 0 Å². The maximum absolute atomic E-state index is 11.9. The molecule has 0 fully saturated rings. The van der Waals surface area contributed by atoms with E-state index in [9.17, 15) is 8.42 Å². The van der Waals surface area contributed by atoms with Crippen molar-refractivity contribution in [3.63, 3.8) is 0 Å². The van der Waals surface area contributed by atoms with Crippen LogP contribution in [0.2, 0.25) is 0 Å². The van der Waals surface area contributed by atoms with Gasteiger partial charge in [-0.2, -0.15) is 0 Å². The predicted molar refractivity (Wildman–Crippen MR) is 76.8 cm³/mol. The zero-order valence-electron chi connectivity index (χ0n) is 11.0. The highest BCUT2D eigenvalue weighted by atomic mass is 79.9. The van der Waals surface area contributed by atoms with Crippen molar-refractivity contribution in [3.8, 4) is 0 Å². The zero-order chi connectivity index (χ0) is 13.9. The second-order valence-electron chi connectivity index (χ2n) is 4.30. The quantitative estimate of drug-likeness (QED) is 0.766. The zero-order valence-corrected chi connectivity index (χ0v) is 13.4. The maximum Gasteiger partial charge on any atom is 0.244 e. The average Bonchev–Trinajstić information content (AvgIpc) is 2.28. The van der Waals surface area contributed by atoms with Crippen molar-refractivity contribution in [2.75, 3.05) is 32.6 Å². The molecule has 0 aliphatic rings. The summed E-state index contributed by atoms with van der Waals surface area (Å²) in [6.07, 6.45) is 1.39. The van der Waals surface area contributed by atoms with E-state index in [0.717, 1.165) is 12.4 Å². The highest BCUT2D eigenvalue weighted by Crippen LogP contribution is 2.16. The monoisotopic (exact) mass is 335 g/mol. The van der Waals surface area contributed by atoms with E-state index in [1.54, 1.807) is 12.1 Å². The van der Waals surface area contributed by atoms with Crippen LogP contribution >= 0.6 is 15.9 Å². The molecule has 0 aliphatic carbocycles. The summed E-state index contributed by atoms with van der Waals surface area (Å²) in [5.74, 6) is 0.749. The van der Waals surface area contributed by atoms with E-state index < -0.39 is 10.0 Å². The predicted octanol–water partition coefficient (Wildman–Crippen LogP) is 1.55. The Bertz CT molecular complexity index is 486. The molecule has 1 atom stereocenters. The molecule has 0 bridgehead atoms. The van der Waals surface area contributed by atoms with E-state index in [1.165, 1.54) is 24.6 Å². The van der Waals surface area contributed by atoms with Crippen LogP contribution in [0.5, 0.6) is 0 Å². The molecule has 0 amide bonds. The molecule has 0 saturated carbocycles. The van der Waals surface area contributed by atoms with Crippen LogP contribution in [0.4, 0.5) is 5.82 Å². The lowest BCUT2D eigenvalue weighted by atomic mass is 10.4. The minimum atomic E-state index is -3.40. The van der Waals surface area contributed by atoms with Crippen molar-refractivity contribution in [3.05, 3.63) is 18.3 Å². The van der Waals surface area contributed by atoms with Crippen molar-refractivity contribution in [1.29, 1.82) is 0 Å². The van der Waals surface area contributed by atoms with Gasteiger partial charge in [-0.1, -0.05) is 22.9 Å². The molecule has 7 heteroatoms. The topological polar surface area (TPSA) is 53.5 Å². The van der Waals surface area contributed by atoms with Gasteiger partial charge in [0, 0.05) is 38.7 Å². The van der Waals surface area contributed by atoms with Gasteiger partial charge < -0.3 is 4.90 Å². The van der Waals surface area contributed by atoms with E-state index in [-0.39, 0.29) is 4.90 Å². The highest BCUT2D eigenvalue weighted by Gasteiger charge is 2.17. The number of anilines is 1. The SMILES string of the molecule is CC(Br)CN(C)c1ccc(S(=O)(=O)N(C)C)cn1. The van der Waals surface area contributed by atoms with Gasteiger partial charge in [0.05, 0.1) is 0 Å². The molecular weight excluding hydrogens is 318 g/mol. The van der Waals surface area contributed by atoms with Crippen LogP contribution in [0.15, 0.2) is 23.2 Å². The Kier molecular flexibility index (Phi) is 5.12. The molecule has 0 saturated heterocycles. The third kappa shape index (κ3) is 3.66. The van der Waals surface area contributed by atoms with Gasteiger partial charge in [-0.25, -0.2) is 17.7 Å². The Morgan fingerprint density at radius 3 is 2.33 bits per heavy atom. The summed E-state index contributed by atoms with van der Waals surface area (Å²) >= 11 is 3.47. The molecule has 0 N–H and O–H groups in total. The molecule has 1 aromatic heterocycles. The van der Waals surface area contributed by atoms with Crippen LogP contribution in [0.25, 0.3) is 0 Å². The standard InChI is InChI=1S/C11H18BrN3O2S/c1-9(12)8-15(4)11-6-5-10(7-13-11)18(16,17)14(2)3/h5-7,9H,8H2,1-4H3. The number of pyridine rings is 1. The van der Waals surface area contributed by atoms with Gasteiger partial charge in [0.15, 0.2) is 0 Å². The fraction of sp³-hybridized carbons (Fsp3) is 0.545.